The highest BCUT2D eigenvalue weighted by atomic mass is 16.2. The second kappa shape index (κ2) is 6.49. The van der Waals surface area contributed by atoms with E-state index in [2.05, 4.69) is 5.32 Å². The van der Waals surface area contributed by atoms with Crippen LogP contribution in [0.4, 0.5) is 4.79 Å². The molecule has 140 valence electrons. The first-order valence-electron chi connectivity index (χ1n) is 8.91. The van der Waals surface area contributed by atoms with Gasteiger partial charge in [-0.1, -0.05) is 54.6 Å². The van der Waals surface area contributed by atoms with Crippen LogP contribution in [0.2, 0.25) is 0 Å². The first kappa shape index (κ1) is 17.7. The van der Waals surface area contributed by atoms with Gasteiger partial charge in [0.25, 0.3) is 5.91 Å². The summed E-state index contributed by atoms with van der Waals surface area (Å²) < 4.78 is 0. The maximum absolute atomic E-state index is 13.2. The van der Waals surface area contributed by atoms with Crippen molar-refractivity contribution in [1.29, 1.82) is 0 Å². The van der Waals surface area contributed by atoms with Crippen molar-refractivity contribution in [2.75, 3.05) is 0 Å². The molecule has 0 spiro atoms. The van der Waals surface area contributed by atoms with Crippen molar-refractivity contribution in [3.63, 3.8) is 0 Å². The van der Waals surface area contributed by atoms with Crippen LogP contribution in [0, 0.1) is 0 Å². The highest BCUT2D eigenvalue weighted by molar-refractivity contribution is 6.09. The minimum absolute atomic E-state index is 0.115. The van der Waals surface area contributed by atoms with Crippen LogP contribution in [-0.4, -0.2) is 22.7 Å². The second-order valence-electron chi connectivity index (χ2n) is 7.03. The van der Waals surface area contributed by atoms with E-state index in [-0.39, 0.29) is 12.5 Å². The summed E-state index contributed by atoms with van der Waals surface area (Å²) in [6.45, 7) is 1.84. The summed E-state index contributed by atoms with van der Waals surface area (Å²) in [5.41, 5.74) is 5.97. The molecule has 1 aliphatic rings. The Kier molecular flexibility index (Phi) is 4.11. The van der Waals surface area contributed by atoms with Gasteiger partial charge in [-0.05, 0) is 41.0 Å². The van der Waals surface area contributed by atoms with Crippen molar-refractivity contribution in [2.45, 2.75) is 19.0 Å². The number of amides is 4. The second-order valence-corrected chi connectivity index (χ2v) is 7.03. The van der Waals surface area contributed by atoms with E-state index in [9.17, 15) is 14.4 Å². The lowest BCUT2D eigenvalue weighted by Gasteiger charge is -2.24. The Bertz CT molecular complexity index is 1100. The minimum Gasteiger partial charge on any atom is -0.366 e. The predicted octanol–water partition coefficient (Wildman–Crippen LogP) is 2.91. The van der Waals surface area contributed by atoms with E-state index in [1.807, 2.05) is 42.5 Å². The summed E-state index contributed by atoms with van der Waals surface area (Å²) in [6.07, 6.45) is 0. The van der Waals surface area contributed by atoms with Gasteiger partial charge < -0.3 is 11.1 Å². The highest BCUT2D eigenvalue weighted by Crippen LogP contribution is 2.34. The van der Waals surface area contributed by atoms with E-state index in [0.29, 0.717) is 5.56 Å². The zero-order valence-corrected chi connectivity index (χ0v) is 15.3. The molecular weight excluding hydrogens is 354 g/mol. The van der Waals surface area contributed by atoms with E-state index in [0.717, 1.165) is 21.9 Å². The number of carbonyl (C=O) groups is 3. The van der Waals surface area contributed by atoms with Gasteiger partial charge in [-0.2, -0.15) is 0 Å². The molecule has 0 aliphatic carbocycles. The van der Waals surface area contributed by atoms with Crippen LogP contribution in [0.25, 0.3) is 10.8 Å². The molecule has 6 nitrogen and oxygen atoms in total. The molecule has 1 atom stereocenters. The van der Waals surface area contributed by atoms with E-state index >= 15 is 0 Å². The molecule has 3 aromatic carbocycles. The standard InChI is InChI=1S/C22H19N3O3/c1-22(18-8-4-6-15-5-2-3-7-17(15)18)20(27)25(21(28)24-22)13-14-9-11-16(12-10-14)19(23)26/h2-12H,13H2,1H3,(H2,23,26)(H,24,28). The number of carbonyl (C=O) groups excluding carboxylic acids is 3. The van der Waals surface area contributed by atoms with Crippen molar-refractivity contribution >= 4 is 28.6 Å². The van der Waals surface area contributed by atoms with Gasteiger partial charge in [-0.15, -0.1) is 0 Å². The number of fused-ring (bicyclic) bond motifs is 1. The van der Waals surface area contributed by atoms with Gasteiger partial charge in [0.15, 0.2) is 0 Å². The summed E-state index contributed by atoms with van der Waals surface area (Å²) in [4.78, 5) is 38.2. The number of hydrogen-bond acceptors (Lipinski definition) is 3. The lowest BCUT2D eigenvalue weighted by Crippen LogP contribution is -2.41. The van der Waals surface area contributed by atoms with Gasteiger partial charge in [-0.3, -0.25) is 14.5 Å². The molecule has 4 amide bonds. The fourth-order valence-electron chi connectivity index (χ4n) is 3.64. The van der Waals surface area contributed by atoms with Crippen molar-refractivity contribution in [3.8, 4) is 0 Å². The monoisotopic (exact) mass is 373 g/mol. The first-order valence-corrected chi connectivity index (χ1v) is 8.91. The van der Waals surface area contributed by atoms with Crippen LogP contribution in [-0.2, 0) is 16.9 Å². The molecule has 0 saturated carbocycles. The fraction of sp³-hybridized carbons (Fsp3) is 0.136. The van der Waals surface area contributed by atoms with Gasteiger partial charge in [0.2, 0.25) is 5.91 Å². The number of benzene rings is 3. The molecule has 4 rings (SSSR count). The molecule has 1 saturated heterocycles. The fourth-order valence-corrected chi connectivity index (χ4v) is 3.64. The normalized spacial score (nSPS) is 19.1. The number of urea groups is 1. The third kappa shape index (κ3) is 2.79. The average molecular weight is 373 g/mol. The molecule has 1 unspecified atom stereocenters. The summed E-state index contributed by atoms with van der Waals surface area (Å²) in [6, 6.07) is 19.6. The Hall–Kier alpha value is -3.67. The third-order valence-corrected chi connectivity index (χ3v) is 5.18. The van der Waals surface area contributed by atoms with Crippen LogP contribution >= 0.6 is 0 Å². The Morgan fingerprint density at radius 1 is 1.00 bits per heavy atom. The minimum atomic E-state index is -1.15. The molecule has 1 heterocycles. The zero-order valence-electron chi connectivity index (χ0n) is 15.3. The van der Waals surface area contributed by atoms with E-state index in [1.54, 1.807) is 31.2 Å². The zero-order chi connectivity index (χ0) is 19.9. The molecule has 0 radical (unpaired) electrons. The molecule has 6 heteroatoms. The number of hydrogen-bond donors (Lipinski definition) is 2. The SMILES string of the molecule is CC1(c2cccc3ccccc23)NC(=O)N(Cc2ccc(C(N)=O)cc2)C1=O. The van der Waals surface area contributed by atoms with E-state index in [1.165, 1.54) is 4.90 Å². The van der Waals surface area contributed by atoms with Crippen LogP contribution in [0.1, 0.15) is 28.4 Å². The molecule has 1 aliphatic heterocycles. The maximum Gasteiger partial charge on any atom is 0.325 e. The highest BCUT2D eigenvalue weighted by Gasteiger charge is 2.49. The van der Waals surface area contributed by atoms with Crippen molar-refractivity contribution in [3.05, 3.63) is 83.4 Å². The Labute approximate surface area is 161 Å². The molecule has 0 bridgehead atoms. The number of rotatable bonds is 4. The van der Waals surface area contributed by atoms with Gasteiger partial charge in [0, 0.05) is 5.56 Å². The van der Waals surface area contributed by atoms with Gasteiger partial charge in [0.1, 0.15) is 5.54 Å². The van der Waals surface area contributed by atoms with Crippen molar-refractivity contribution < 1.29 is 14.4 Å². The Balaban J connectivity index is 1.67. The summed E-state index contributed by atoms with van der Waals surface area (Å²) >= 11 is 0. The maximum atomic E-state index is 13.2. The quantitative estimate of drug-likeness (QED) is 0.689. The van der Waals surface area contributed by atoms with Crippen molar-refractivity contribution in [2.24, 2.45) is 5.73 Å². The Morgan fingerprint density at radius 2 is 1.68 bits per heavy atom. The molecule has 28 heavy (non-hydrogen) atoms. The van der Waals surface area contributed by atoms with Gasteiger partial charge in [-0.25, -0.2) is 4.79 Å². The lowest BCUT2D eigenvalue weighted by atomic mass is 9.88. The smallest absolute Gasteiger partial charge is 0.325 e. The topological polar surface area (TPSA) is 92.5 Å². The van der Waals surface area contributed by atoms with Crippen molar-refractivity contribution in [1.82, 2.24) is 10.2 Å². The molecule has 3 N–H and O–H groups in total. The van der Waals surface area contributed by atoms with E-state index < -0.39 is 17.5 Å². The lowest BCUT2D eigenvalue weighted by molar-refractivity contribution is -0.131. The summed E-state index contributed by atoms with van der Waals surface area (Å²) in [7, 11) is 0. The average Bonchev–Trinajstić information content (AvgIpc) is 2.92. The third-order valence-electron chi connectivity index (χ3n) is 5.18. The van der Waals surface area contributed by atoms with Crippen LogP contribution in [0.15, 0.2) is 66.7 Å². The molecular formula is C22H19N3O3. The number of imide groups is 1. The van der Waals surface area contributed by atoms with Gasteiger partial charge >= 0.3 is 6.03 Å². The number of nitrogens with one attached hydrogen (secondary N) is 1. The van der Waals surface area contributed by atoms with Gasteiger partial charge in [0.05, 0.1) is 6.54 Å². The van der Waals surface area contributed by atoms with Crippen LogP contribution in [0.5, 0.6) is 0 Å². The summed E-state index contributed by atoms with van der Waals surface area (Å²) in [5.74, 6) is -0.835. The number of nitrogens with two attached hydrogens (primary N) is 1. The largest absolute Gasteiger partial charge is 0.366 e. The molecule has 1 fully saturated rings. The number of nitrogens with zero attached hydrogens (tertiary/aromatic N) is 1. The molecule has 3 aromatic rings. The van der Waals surface area contributed by atoms with Crippen LogP contribution in [0.3, 0.4) is 0 Å². The van der Waals surface area contributed by atoms with Crippen LogP contribution < -0.4 is 11.1 Å². The first-order chi connectivity index (χ1) is 13.4. The molecule has 0 aromatic heterocycles. The Morgan fingerprint density at radius 3 is 2.39 bits per heavy atom. The number of primary amides is 1. The summed E-state index contributed by atoms with van der Waals surface area (Å²) in [5, 5.41) is 4.78. The van der Waals surface area contributed by atoms with E-state index in [4.69, 9.17) is 5.73 Å². The predicted molar refractivity (Wildman–Crippen MR) is 105 cm³/mol.